The first-order chi connectivity index (χ1) is 17.5. The van der Waals surface area contributed by atoms with Gasteiger partial charge in [-0.05, 0) is 71.3 Å². The smallest absolute Gasteiger partial charge is 0.155 e. The number of hydrogen-bond acceptors (Lipinski definition) is 4. The van der Waals surface area contributed by atoms with E-state index in [1.54, 1.807) is 0 Å². The van der Waals surface area contributed by atoms with Crippen LogP contribution in [0.5, 0.6) is 0 Å². The van der Waals surface area contributed by atoms with E-state index < -0.39 is 0 Å². The van der Waals surface area contributed by atoms with Gasteiger partial charge in [0.05, 0.1) is 16.0 Å². The van der Waals surface area contributed by atoms with Gasteiger partial charge < -0.3 is 5.11 Å². The fourth-order valence-corrected chi connectivity index (χ4v) is 5.17. The summed E-state index contributed by atoms with van der Waals surface area (Å²) in [6.07, 6.45) is 1.17. The van der Waals surface area contributed by atoms with E-state index >= 15 is 0 Å². The fraction of sp³-hybridized carbons (Fsp3) is 0.353. The third-order valence-corrected chi connectivity index (χ3v) is 7.30. The second-order valence-electron chi connectivity index (χ2n) is 12.1. The molecule has 0 fully saturated rings. The van der Waals surface area contributed by atoms with Gasteiger partial charge in [0.2, 0.25) is 0 Å². The molecule has 3 nitrogen and oxygen atoms in total. The van der Waals surface area contributed by atoms with E-state index in [9.17, 15) is 4.79 Å². The number of thiophene rings is 1. The maximum atomic E-state index is 10.0. The number of aromatic nitrogens is 1. The Balaban J connectivity index is 0.000000592. The van der Waals surface area contributed by atoms with Crippen molar-refractivity contribution in [1.29, 1.82) is 0 Å². The van der Waals surface area contributed by atoms with Crippen molar-refractivity contribution in [2.24, 2.45) is 0 Å². The Labute approximate surface area is 251 Å². The number of aryl methyl sites for hydroxylation is 2. The van der Waals surface area contributed by atoms with Crippen LogP contribution in [0.2, 0.25) is 0 Å². The van der Waals surface area contributed by atoms with Crippen molar-refractivity contribution in [3.05, 3.63) is 88.7 Å². The third-order valence-electron chi connectivity index (χ3n) is 6.16. The van der Waals surface area contributed by atoms with Crippen LogP contribution in [0.25, 0.3) is 31.9 Å². The molecule has 0 aliphatic rings. The Hall–Kier alpha value is -2.59. The van der Waals surface area contributed by atoms with E-state index in [1.807, 2.05) is 11.3 Å². The number of carbonyl (C=O) groups excluding carboxylic acids is 1. The molecule has 39 heavy (non-hydrogen) atoms. The minimum atomic E-state index is -0.125. The van der Waals surface area contributed by atoms with Crippen molar-refractivity contribution in [3.63, 3.8) is 0 Å². The molecule has 0 unspecified atom stereocenters. The molecule has 4 rings (SSSR count). The van der Waals surface area contributed by atoms with E-state index in [2.05, 4.69) is 110 Å². The van der Waals surface area contributed by atoms with Gasteiger partial charge in [0.15, 0.2) is 5.78 Å². The number of hydrogen-bond donors (Lipinski definition) is 1. The van der Waals surface area contributed by atoms with Gasteiger partial charge >= 0.3 is 0 Å². The Bertz CT molecular complexity index is 1440. The van der Waals surface area contributed by atoms with Crippen molar-refractivity contribution in [2.75, 3.05) is 0 Å². The van der Waals surface area contributed by atoms with Crippen LogP contribution in [0, 0.1) is 19.9 Å². The maximum Gasteiger partial charge on any atom is 0.155 e. The number of carbonyl (C=O) groups is 1. The van der Waals surface area contributed by atoms with Crippen LogP contribution >= 0.6 is 11.3 Å². The van der Waals surface area contributed by atoms with E-state index in [0.717, 1.165) is 22.3 Å². The van der Waals surface area contributed by atoms with E-state index in [-0.39, 0.29) is 42.5 Å². The first-order valence-electron chi connectivity index (χ1n) is 13.0. The number of rotatable bonds is 3. The molecule has 2 heterocycles. The molecule has 1 radical (unpaired) electrons. The van der Waals surface area contributed by atoms with Crippen molar-refractivity contribution < 1.29 is 30.0 Å². The Morgan fingerprint density at radius 2 is 1.49 bits per heavy atom. The summed E-state index contributed by atoms with van der Waals surface area (Å²) in [5.74, 6) is -0.0625. The summed E-state index contributed by atoms with van der Waals surface area (Å²) < 4.78 is 1.22. The predicted molar refractivity (Wildman–Crippen MR) is 163 cm³/mol. The summed E-state index contributed by atoms with van der Waals surface area (Å²) in [6.45, 7) is 20.8. The standard InChI is InChI=1S/C29H32NS.C5H8O2.Ir/c1-18-11-19(2)13-20(12-18)24-9-10-26-25(30-24)17-27(31-26)21-14-22(28(3,4)5)16-23(15-21)29(6,7)8;1-4(6)3-5(2)7;/h9-12,14-17H,1-8H3;3,6H,1-2H3;/q-1;;/b;4-3-;. The molecular formula is C34H40IrNO2S-. The number of aliphatic hydroxyl groups is 1. The first-order valence-corrected chi connectivity index (χ1v) is 13.8. The average molecular weight is 719 g/mol. The SMILES string of the molecule is CC(=O)/C=C(/C)O.Cc1[c-]c(-c2ccc3sc(-c4cc(C(C)(C)C)cc(C(C)(C)C)c4)cc3n2)cc(C)c1.[Ir]. The Morgan fingerprint density at radius 1 is 0.897 bits per heavy atom. The number of aliphatic hydroxyl groups excluding tert-OH is 1. The molecule has 5 heteroatoms. The Kier molecular flexibility index (Phi) is 10.6. The van der Waals surface area contributed by atoms with Crippen LogP contribution < -0.4 is 0 Å². The van der Waals surface area contributed by atoms with Crippen LogP contribution in [0.1, 0.15) is 77.6 Å². The number of ketones is 1. The molecule has 0 spiro atoms. The quantitative estimate of drug-likeness (QED) is 0.130. The number of fused-ring (bicyclic) bond motifs is 1. The van der Waals surface area contributed by atoms with Gasteiger partial charge in [-0.1, -0.05) is 67.5 Å². The molecule has 0 saturated carbocycles. The molecule has 1 N–H and O–H groups in total. The molecule has 0 amide bonds. The zero-order valence-corrected chi connectivity index (χ0v) is 28.0. The molecule has 209 valence electrons. The first kappa shape index (κ1) is 32.6. The summed E-state index contributed by atoms with van der Waals surface area (Å²) in [5.41, 5.74) is 9.78. The number of allylic oxidation sites excluding steroid dienone is 2. The third kappa shape index (κ3) is 8.96. The number of nitrogens with zero attached hydrogens (tertiary/aromatic N) is 1. The van der Waals surface area contributed by atoms with Crippen LogP contribution in [-0.2, 0) is 35.7 Å². The summed E-state index contributed by atoms with van der Waals surface area (Å²) in [6, 6.07) is 21.4. The zero-order chi connectivity index (χ0) is 28.4. The van der Waals surface area contributed by atoms with Crippen molar-refractivity contribution in [3.8, 4) is 21.7 Å². The molecule has 0 saturated heterocycles. The zero-order valence-electron chi connectivity index (χ0n) is 24.7. The molecular weight excluding hydrogens is 679 g/mol. The number of pyridine rings is 1. The van der Waals surface area contributed by atoms with Crippen molar-refractivity contribution in [1.82, 2.24) is 4.98 Å². The van der Waals surface area contributed by atoms with E-state index in [1.165, 1.54) is 51.8 Å². The van der Waals surface area contributed by atoms with Gasteiger partial charge in [0.25, 0.3) is 0 Å². The van der Waals surface area contributed by atoms with Gasteiger partial charge in [0.1, 0.15) is 0 Å². The molecule has 2 aromatic heterocycles. The van der Waals surface area contributed by atoms with Gasteiger partial charge in [-0.3, -0.25) is 9.78 Å². The monoisotopic (exact) mass is 719 g/mol. The topological polar surface area (TPSA) is 50.2 Å². The average Bonchev–Trinajstić information content (AvgIpc) is 3.20. The van der Waals surface area contributed by atoms with Crippen molar-refractivity contribution >= 4 is 27.3 Å². The molecule has 0 atom stereocenters. The van der Waals surface area contributed by atoms with Gasteiger partial charge in [0, 0.05) is 31.1 Å². The van der Waals surface area contributed by atoms with E-state index in [0.29, 0.717) is 0 Å². The second kappa shape index (κ2) is 12.7. The number of benzene rings is 2. The van der Waals surface area contributed by atoms with Crippen LogP contribution in [0.4, 0.5) is 0 Å². The largest absolute Gasteiger partial charge is 0.512 e. The summed E-state index contributed by atoms with van der Waals surface area (Å²) >= 11 is 1.83. The molecule has 0 aliphatic heterocycles. The van der Waals surface area contributed by atoms with Gasteiger partial charge in [-0.15, -0.1) is 46.2 Å². The Morgan fingerprint density at radius 3 is 1.95 bits per heavy atom. The summed E-state index contributed by atoms with van der Waals surface area (Å²) in [4.78, 5) is 16.3. The van der Waals surface area contributed by atoms with Gasteiger partial charge in [-0.25, -0.2) is 0 Å². The maximum absolute atomic E-state index is 10.0. The van der Waals surface area contributed by atoms with Crippen LogP contribution in [0.3, 0.4) is 0 Å². The minimum absolute atomic E-state index is 0. The summed E-state index contributed by atoms with van der Waals surface area (Å²) in [5, 5.41) is 8.36. The van der Waals surface area contributed by atoms with Crippen molar-refractivity contribution in [2.45, 2.75) is 80.1 Å². The fourth-order valence-electron chi connectivity index (χ4n) is 4.18. The molecule has 0 aliphatic carbocycles. The predicted octanol–water partition coefficient (Wildman–Crippen LogP) is 9.68. The van der Waals surface area contributed by atoms with Gasteiger partial charge in [-0.2, -0.15) is 0 Å². The van der Waals surface area contributed by atoms with Crippen LogP contribution in [-0.4, -0.2) is 15.9 Å². The molecule has 2 aromatic carbocycles. The molecule has 0 bridgehead atoms. The van der Waals surface area contributed by atoms with Crippen LogP contribution in [0.15, 0.2) is 60.4 Å². The minimum Gasteiger partial charge on any atom is -0.512 e. The normalized spacial score (nSPS) is 12.0. The summed E-state index contributed by atoms with van der Waals surface area (Å²) in [7, 11) is 0. The second-order valence-corrected chi connectivity index (χ2v) is 13.2. The van der Waals surface area contributed by atoms with E-state index in [4.69, 9.17) is 10.1 Å². The molecule has 4 aromatic rings.